The van der Waals surface area contributed by atoms with Crippen LogP contribution in [-0.4, -0.2) is 53.5 Å². The standard InChI is InChI=1S/C28H21F3N4O7S2/c1-2-34(43(38,39)22-13-9-20(10-14-22)26(37)28(29,30)31)25-16-33-27(24-6-4-3-5-23(24)25)35(17-42-18-36)44(40,41)21-11-7-19(15-32)8-12-21/h3-14,16,18H,2,17H2,1H3. The topological polar surface area (TPSA) is 155 Å². The average Bonchev–Trinajstić information content (AvgIpc) is 3.01. The number of sulfonamides is 2. The predicted molar refractivity (Wildman–Crippen MR) is 152 cm³/mol. The van der Waals surface area contributed by atoms with E-state index in [1.54, 1.807) is 12.1 Å². The van der Waals surface area contributed by atoms with Gasteiger partial charge in [0, 0.05) is 22.9 Å². The van der Waals surface area contributed by atoms with Gasteiger partial charge < -0.3 is 4.74 Å². The summed E-state index contributed by atoms with van der Waals surface area (Å²) >= 11 is 0. The zero-order chi connectivity index (χ0) is 32.3. The molecule has 0 atom stereocenters. The Morgan fingerprint density at radius 2 is 1.45 bits per heavy atom. The number of Topliss-reactive ketones (excluding diaryl/α,β-unsaturated/α-hetero) is 1. The smallest absolute Gasteiger partial charge is 0.445 e. The fourth-order valence-electron chi connectivity index (χ4n) is 4.27. The molecule has 0 saturated heterocycles. The van der Waals surface area contributed by atoms with E-state index in [-0.39, 0.29) is 45.8 Å². The highest BCUT2D eigenvalue weighted by molar-refractivity contribution is 7.93. The van der Waals surface area contributed by atoms with Gasteiger partial charge >= 0.3 is 6.18 Å². The van der Waals surface area contributed by atoms with E-state index in [1.165, 1.54) is 43.3 Å². The van der Waals surface area contributed by atoms with Gasteiger partial charge in [-0.3, -0.25) is 13.9 Å². The van der Waals surface area contributed by atoms with Gasteiger partial charge in [0.15, 0.2) is 12.5 Å². The number of nitriles is 1. The van der Waals surface area contributed by atoms with Crippen LogP contribution in [0, 0.1) is 11.3 Å². The molecule has 0 fully saturated rings. The van der Waals surface area contributed by atoms with Gasteiger partial charge in [-0.05, 0) is 55.5 Å². The lowest BCUT2D eigenvalue weighted by atomic mass is 10.1. The molecule has 0 unspecified atom stereocenters. The molecule has 0 amide bonds. The van der Waals surface area contributed by atoms with Crippen LogP contribution in [0.3, 0.4) is 0 Å². The maximum atomic E-state index is 13.6. The van der Waals surface area contributed by atoms with Gasteiger partial charge in [-0.25, -0.2) is 26.1 Å². The zero-order valence-electron chi connectivity index (χ0n) is 22.6. The number of carbonyl (C=O) groups is 2. The maximum Gasteiger partial charge on any atom is 0.454 e. The molecule has 3 aromatic carbocycles. The number of pyridine rings is 1. The van der Waals surface area contributed by atoms with E-state index >= 15 is 0 Å². The number of ether oxygens (including phenoxy) is 1. The highest BCUT2D eigenvalue weighted by atomic mass is 32.2. The lowest BCUT2D eigenvalue weighted by Gasteiger charge is -2.27. The van der Waals surface area contributed by atoms with E-state index in [0.29, 0.717) is 4.31 Å². The molecule has 0 saturated carbocycles. The largest absolute Gasteiger partial charge is 0.454 e. The van der Waals surface area contributed by atoms with Crippen LogP contribution in [0.4, 0.5) is 24.7 Å². The summed E-state index contributed by atoms with van der Waals surface area (Å²) in [5.74, 6) is -2.34. The number of benzene rings is 3. The monoisotopic (exact) mass is 646 g/mol. The first-order valence-corrected chi connectivity index (χ1v) is 15.4. The number of ketones is 1. The van der Waals surface area contributed by atoms with Crippen molar-refractivity contribution in [3.8, 4) is 6.07 Å². The second-order valence-corrected chi connectivity index (χ2v) is 12.6. The number of aromatic nitrogens is 1. The molecular formula is C28H21F3N4O7S2. The Labute approximate surface area is 249 Å². The molecule has 11 nitrogen and oxygen atoms in total. The van der Waals surface area contributed by atoms with E-state index in [2.05, 4.69) is 4.98 Å². The average molecular weight is 647 g/mol. The van der Waals surface area contributed by atoms with Crippen LogP contribution in [0.25, 0.3) is 10.8 Å². The Bertz CT molecular complexity index is 1980. The molecule has 0 spiro atoms. The van der Waals surface area contributed by atoms with Crippen LogP contribution < -0.4 is 8.61 Å². The van der Waals surface area contributed by atoms with Crippen LogP contribution in [0.2, 0.25) is 0 Å². The lowest BCUT2D eigenvalue weighted by Crippen LogP contribution is -2.35. The highest BCUT2D eigenvalue weighted by Crippen LogP contribution is 2.36. The number of hydrogen-bond acceptors (Lipinski definition) is 9. The fraction of sp³-hybridized carbons (Fsp3) is 0.143. The van der Waals surface area contributed by atoms with Crippen molar-refractivity contribution in [1.29, 1.82) is 5.26 Å². The molecule has 0 radical (unpaired) electrons. The molecule has 1 heterocycles. The van der Waals surface area contributed by atoms with Crippen LogP contribution in [0.15, 0.2) is 88.8 Å². The zero-order valence-corrected chi connectivity index (χ0v) is 24.2. The van der Waals surface area contributed by atoms with E-state index in [1.807, 2.05) is 6.07 Å². The third-order valence-electron chi connectivity index (χ3n) is 6.34. The minimum atomic E-state index is -5.14. The summed E-state index contributed by atoms with van der Waals surface area (Å²) in [6.07, 6.45) is -4.04. The summed E-state index contributed by atoms with van der Waals surface area (Å²) in [6, 6.07) is 16.2. The summed E-state index contributed by atoms with van der Waals surface area (Å²) in [6.45, 7) is 0.581. The van der Waals surface area contributed by atoms with Gasteiger partial charge in [0.2, 0.25) is 0 Å². The first-order chi connectivity index (χ1) is 20.8. The Morgan fingerprint density at radius 1 is 0.909 bits per heavy atom. The molecule has 0 bridgehead atoms. The minimum Gasteiger partial charge on any atom is -0.445 e. The minimum absolute atomic E-state index is 0.00863. The predicted octanol–water partition coefficient (Wildman–Crippen LogP) is 4.39. The molecule has 228 valence electrons. The summed E-state index contributed by atoms with van der Waals surface area (Å²) in [4.78, 5) is 26.2. The van der Waals surface area contributed by atoms with E-state index in [9.17, 15) is 39.6 Å². The summed E-state index contributed by atoms with van der Waals surface area (Å²) in [5.41, 5.74) is -0.526. The molecule has 0 aliphatic rings. The van der Waals surface area contributed by atoms with Crippen LogP contribution in [0.5, 0.6) is 0 Å². The van der Waals surface area contributed by atoms with E-state index in [0.717, 1.165) is 34.8 Å². The number of fused-ring (bicyclic) bond motifs is 1. The van der Waals surface area contributed by atoms with Gasteiger partial charge in [0.1, 0.15) is 0 Å². The molecular weight excluding hydrogens is 625 g/mol. The number of carbonyl (C=O) groups excluding carboxylic acids is 2. The Hall–Kier alpha value is -5.01. The second-order valence-electron chi connectivity index (χ2n) is 8.92. The molecule has 4 aromatic rings. The van der Waals surface area contributed by atoms with Crippen molar-refractivity contribution in [2.75, 3.05) is 21.9 Å². The first-order valence-electron chi connectivity index (χ1n) is 12.5. The summed E-state index contributed by atoms with van der Waals surface area (Å²) in [5, 5.41) is 9.43. The van der Waals surface area contributed by atoms with Crippen molar-refractivity contribution in [2.24, 2.45) is 0 Å². The second kappa shape index (κ2) is 12.3. The number of rotatable bonds is 11. The highest BCUT2D eigenvalue weighted by Gasteiger charge is 2.39. The molecule has 44 heavy (non-hydrogen) atoms. The van der Waals surface area contributed by atoms with Gasteiger partial charge in [0.25, 0.3) is 32.3 Å². The molecule has 0 N–H and O–H groups in total. The number of anilines is 2. The van der Waals surface area contributed by atoms with Gasteiger partial charge in [-0.15, -0.1) is 0 Å². The normalized spacial score (nSPS) is 11.9. The van der Waals surface area contributed by atoms with Crippen molar-refractivity contribution in [2.45, 2.75) is 22.9 Å². The molecule has 1 aromatic heterocycles. The van der Waals surface area contributed by atoms with Crippen molar-refractivity contribution >= 4 is 54.6 Å². The maximum absolute atomic E-state index is 13.6. The van der Waals surface area contributed by atoms with Crippen molar-refractivity contribution in [3.05, 3.63) is 90.1 Å². The third kappa shape index (κ3) is 6.05. The lowest BCUT2D eigenvalue weighted by molar-refractivity contribution is -0.128. The molecule has 16 heteroatoms. The number of halogens is 3. The Balaban J connectivity index is 1.83. The van der Waals surface area contributed by atoms with Crippen molar-refractivity contribution < 1.29 is 44.3 Å². The third-order valence-corrected chi connectivity index (χ3v) is 9.97. The van der Waals surface area contributed by atoms with E-state index in [4.69, 9.17) is 10.00 Å². The molecule has 0 aliphatic carbocycles. The Morgan fingerprint density at radius 3 is 1.98 bits per heavy atom. The number of nitrogens with zero attached hydrogens (tertiary/aromatic N) is 4. The summed E-state index contributed by atoms with van der Waals surface area (Å²) < 4.78 is 99.5. The van der Waals surface area contributed by atoms with Crippen LogP contribution in [-0.2, 0) is 29.6 Å². The Kier molecular flexibility index (Phi) is 8.93. The van der Waals surface area contributed by atoms with Gasteiger partial charge in [-0.2, -0.15) is 18.4 Å². The first kappa shape index (κ1) is 31.9. The molecule has 0 aliphatic heterocycles. The van der Waals surface area contributed by atoms with Gasteiger partial charge in [-0.1, -0.05) is 24.3 Å². The molecule has 4 rings (SSSR count). The number of alkyl halides is 3. The van der Waals surface area contributed by atoms with Crippen molar-refractivity contribution in [1.82, 2.24) is 4.98 Å². The van der Waals surface area contributed by atoms with E-state index < -0.39 is 49.2 Å². The fourth-order valence-corrected chi connectivity index (χ4v) is 7.06. The SMILES string of the molecule is CCN(c1cnc(N(COC=O)S(=O)(=O)c2ccc(C#N)cc2)c2ccccc12)S(=O)(=O)c1ccc(C(=O)C(F)(F)F)cc1. The van der Waals surface area contributed by atoms with Crippen molar-refractivity contribution in [3.63, 3.8) is 0 Å². The number of hydrogen-bond donors (Lipinski definition) is 0. The van der Waals surface area contributed by atoms with Crippen LogP contribution in [0.1, 0.15) is 22.8 Å². The van der Waals surface area contributed by atoms with Gasteiger partial charge in [0.05, 0.1) is 33.3 Å². The van der Waals surface area contributed by atoms with Crippen LogP contribution >= 0.6 is 0 Å². The quantitative estimate of drug-likeness (QED) is 0.131. The summed E-state index contributed by atoms with van der Waals surface area (Å²) in [7, 11) is -8.86.